The van der Waals surface area contributed by atoms with E-state index in [9.17, 15) is 8.78 Å². The Morgan fingerprint density at radius 3 is 2.56 bits per heavy atom. The summed E-state index contributed by atoms with van der Waals surface area (Å²) in [6, 6.07) is 6.57. The van der Waals surface area contributed by atoms with Crippen molar-refractivity contribution in [2.45, 2.75) is 26.8 Å². The first kappa shape index (κ1) is 15.1. The minimum Gasteiger partial charge on any atom is -0.330 e. The summed E-state index contributed by atoms with van der Waals surface area (Å²) in [6.45, 7) is 6.29. The van der Waals surface area contributed by atoms with E-state index >= 15 is 0 Å². The molecule has 4 heteroatoms. The molecule has 0 amide bonds. The van der Waals surface area contributed by atoms with E-state index in [4.69, 9.17) is 5.73 Å². The third-order valence-corrected chi connectivity index (χ3v) is 2.91. The highest BCUT2D eigenvalue weighted by molar-refractivity contribution is 5.24. The number of benzene rings is 1. The fraction of sp³-hybridized carbons (Fsp3) is 0.571. The zero-order valence-corrected chi connectivity index (χ0v) is 11.3. The summed E-state index contributed by atoms with van der Waals surface area (Å²) < 4.78 is 25.2. The van der Waals surface area contributed by atoms with Gasteiger partial charge < -0.3 is 10.6 Å². The molecular weight excluding hydrogens is 234 g/mol. The predicted octanol–water partition coefficient (Wildman–Crippen LogP) is 3.04. The molecule has 0 aliphatic carbocycles. The molecule has 0 atom stereocenters. The van der Waals surface area contributed by atoms with Gasteiger partial charge in [-0.2, -0.15) is 0 Å². The molecule has 0 heterocycles. The lowest BCUT2D eigenvalue weighted by molar-refractivity contribution is 0.151. The van der Waals surface area contributed by atoms with Crippen LogP contribution in [0.4, 0.5) is 8.78 Å². The molecule has 0 bridgehead atoms. The molecular formula is C14H22F2N2. The Bertz CT molecular complexity index is 378. The van der Waals surface area contributed by atoms with Crippen LogP contribution in [-0.2, 0) is 6.54 Å². The van der Waals surface area contributed by atoms with Crippen molar-refractivity contribution in [3.63, 3.8) is 0 Å². The molecule has 1 rings (SSSR count). The topological polar surface area (TPSA) is 29.3 Å². The smallest absolute Gasteiger partial charge is 0.263 e. The molecule has 0 unspecified atom stereocenters. The Labute approximate surface area is 108 Å². The highest BCUT2D eigenvalue weighted by Gasteiger charge is 2.18. The average molecular weight is 256 g/mol. The standard InChI is InChI=1S/C14H22F2N2/c1-14(2,9-17)10-18(3)8-11-5-4-6-12(7-11)13(15)16/h4-7,13H,8-10,17H2,1-3H3. The van der Waals surface area contributed by atoms with E-state index in [0.29, 0.717) is 13.1 Å². The third kappa shape index (κ3) is 4.70. The second-order valence-electron chi connectivity index (χ2n) is 5.59. The van der Waals surface area contributed by atoms with E-state index in [0.717, 1.165) is 12.1 Å². The normalized spacial score (nSPS) is 12.4. The third-order valence-electron chi connectivity index (χ3n) is 2.91. The summed E-state index contributed by atoms with van der Waals surface area (Å²) in [5.41, 5.74) is 6.71. The number of hydrogen-bond acceptors (Lipinski definition) is 2. The number of hydrogen-bond donors (Lipinski definition) is 1. The van der Waals surface area contributed by atoms with Crippen molar-refractivity contribution in [3.05, 3.63) is 35.4 Å². The molecule has 0 fully saturated rings. The van der Waals surface area contributed by atoms with Gasteiger partial charge >= 0.3 is 0 Å². The van der Waals surface area contributed by atoms with Crippen LogP contribution in [0.3, 0.4) is 0 Å². The number of alkyl halides is 2. The summed E-state index contributed by atoms with van der Waals surface area (Å²) in [7, 11) is 1.98. The lowest BCUT2D eigenvalue weighted by Crippen LogP contribution is -2.36. The van der Waals surface area contributed by atoms with Gasteiger partial charge in [0.15, 0.2) is 0 Å². The molecule has 0 aliphatic heterocycles. The lowest BCUT2D eigenvalue weighted by Gasteiger charge is -2.29. The molecule has 0 saturated carbocycles. The van der Waals surface area contributed by atoms with Crippen molar-refractivity contribution in [3.8, 4) is 0 Å². The van der Waals surface area contributed by atoms with Crippen molar-refractivity contribution in [2.75, 3.05) is 20.1 Å². The highest BCUT2D eigenvalue weighted by atomic mass is 19.3. The van der Waals surface area contributed by atoms with Crippen molar-refractivity contribution < 1.29 is 8.78 Å². The summed E-state index contributed by atoms with van der Waals surface area (Å²) in [5, 5.41) is 0. The van der Waals surface area contributed by atoms with E-state index in [-0.39, 0.29) is 11.0 Å². The van der Waals surface area contributed by atoms with Gasteiger partial charge in [0, 0.05) is 18.7 Å². The molecule has 0 spiro atoms. The highest BCUT2D eigenvalue weighted by Crippen LogP contribution is 2.21. The summed E-state index contributed by atoms with van der Waals surface area (Å²) in [5.74, 6) is 0. The maximum absolute atomic E-state index is 12.6. The van der Waals surface area contributed by atoms with Crippen LogP contribution in [0.25, 0.3) is 0 Å². The summed E-state index contributed by atoms with van der Waals surface area (Å²) in [6.07, 6.45) is -2.41. The van der Waals surface area contributed by atoms with Gasteiger partial charge in [0.05, 0.1) is 0 Å². The van der Waals surface area contributed by atoms with Crippen molar-refractivity contribution >= 4 is 0 Å². The number of nitrogens with two attached hydrogens (primary N) is 1. The van der Waals surface area contributed by atoms with Crippen molar-refractivity contribution in [2.24, 2.45) is 11.1 Å². The number of rotatable bonds is 6. The second kappa shape index (κ2) is 6.25. The molecule has 0 aliphatic rings. The number of nitrogens with zero attached hydrogens (tertiary/aromatic N) is 1. The Kier molecular flexibility index (Phi) is 5.23. The average Bonchev–Trinajstić information content (AvgIpc) is 2.28. The largest absolute Gasteiger partial charge is 0.330 e. The molecule has 2 nitrogen and oxygen atoms in total. The van der Waals surface area contributed by atoms with Gasteiger partial charge in [-0.15, -0.1) is 0 Å². The van der Waals surface area contributed by atoms with Gasteiger partial charge in [0.2, 0.25) is 0 Å². The minimum atomic E-state index is -2.41. The quantitative estimate of drug-likeness (QED) is 0.847. The first-order valence-electron chi connectivity index (χ1n) is 6.10. The monoisotopic (exact) mass is 256 g/mol. The van der Waals surface area contributed by atoms with Crippen LogP contribution in [-0.4, -0.2) is 25.0 Å². The van der Waals surface area contributed by atoms with Crippen molar-refractivity contribution in [1.82, 2.24) is 4.90 Å². The molecule has 18 heavy (non-hydrogen) atoms. The second-order valence-corrected chi connectivity index (χ2v) is 5.59. The maximum atomic E-state index is 12.6. The molecule has 1 aromatic rings. The summed E-state index contributed by atoms with van der Waals surface area (Å²) in [4.78, 5) is 2.11. The number of halogens is 2. The van der Waals surface area contributed by atoms with Crippen LogP contribution < -0.4 is 5.73 Å². The Morgan fingerprint density at radius 1 is 1.33 bits per heavy atom. The fourth-order valence-electron chi connectivity index (χ4n) is 1.99. The van der Waals surface area contributed by atoms with E-state index in [2.05, 4.69) is 18.7 Å². The van der Waals surface area contributed by atoms with Crippen LogP contribution in [0.5, 0.6) is 0 Å². The molecule has 102 valence electrons. The SMILES string of the molecule is CN(Cc1cccc(C(F)F)c1)CC(C)(C)CN. The van der Waals surface area contributed by atoms with E-state index < -0.39 is 6.43 Å². The van der Waals surface area contributed by atoms with Crippen LogP contribution >= 0.6 is 0 Å². The van der Waals surface area contributed by atoms with Gasteiger partial charge in [-0.25, -0.2) is 8.78 Å². The van der Waals surface area contributed by atoms with Crippen LogP contribution in [0.15, 0.2) is 24.3 Å². The Morgan fingerprint density at radius 2 is 2.00 bits per heavy atom. The van der Waals surface area contributed by atoms with Gasteiger partial charge in [-0.05, 0) is 30.6 Å². The first-order chi connectivity index (χ1) is 8.34. The van der Waals surface area contributed by atoms with Crippen molar-refractivity contribution in [1.29, 1.82) is 0 Å². The van der Waals surface area contributed by atoms with Crippen LogP contribution in [0, 0.1) is 5.41 Å². The lowest BCUT2D eigenvalue weighted by atomic mass is 9.93. The molecule has 2 N–H and O–H groups in total. The van der Waals surface area contributed by atoms with Gasteiger partial charge in [0.25, 0.3) is 6.43 Å². The molecule has 1 aromatic carbocycles. The van der Waals surface area contributed by atoms with Crippen LogP contribution in [0.2, 0.25) is 0 Å². The van der Waals surface area contributed by atoms with Gasteiger partial charge in [-0.1, -0.05) is 32.0 Å². The summed E-state index contributed by atoms with van der Waals surface area (Å²) >= 11 is 0. The zero-order chi connectivity index (χ0) is 13.8. The molecule has 0 saturated heterocycles. The van der Waals surface area contributed by atoms with Gasteiger partial charge in [0.1, 0.15) is 0 Å². The fourth-order valence-corrected chi connectivity index (χ4v) is 1.99. The Balaban J connectivity index is 2.64. The predicted molar refractivity (Wildman–Crippen MR) is 70.6 cm³/mol. The zero-order valence-electron chi connectivity index (χ0n) is 11.3. The molecule has 0 radical (unpaired) electrons. The maximum Gasteiger partial charge on any atom is 0.263 e. The van der Waals surface area contributed by atoms with E-state index in [1.165, 1.54) is 6.07 Å². The van der Waals surface area contributed by atoms with Crippen LogP contribution in [0.1, 0.15) is 31.4 Å². The first-order valence-corrected chi connectivity index (χ1v) is 6.10. The van der Waals surface area contributed by atoms with Gasteiger partial charge in [-0.3, -0.25) is 0 Å². The molecule has 0 aromatic heterocycles. The minimum absolute atomic E-state index is 0.0368. The van der Waals surface area contributed by atoms with E-state index in [1.54, 1.807) is 12.1 Å². The van der Waals surface area contributed by atoms with E-state index in [1.807, 2.05) is 13.1 Å². The Hall–Kier alpha value is -1.00.